The number of anilines is 1. The van der Waals surface area contributed by atoms with Crippen LogP contribution in [0.2, 0.25) is 0 Å². The highest BCUT2D eigenvalue weighted by atomic mass is 19.4. The molecule has 16 heavy (non-hydrogen) atoms. The summed E-state index contributed by atoms with van der Waals surface area (Å²) in [4.78, 5) is 0. The van der Waals surface area contributed by atoms with Gasteiger partial charge in [-0.1, -0.05) is 0 Å². The molecule has 0 bridgehead atoms. The zero-order valence-corrected chi connectivity index (χ0v) is 8.33. The van der Waals surface area contributed by atoms with E-state index in [0.29, 0.717) is 5.82 Å². The Bertz CT molecular complexity index is 356. The molecule has 0 radical (unpaired) electrons. The van der Waals surface area contributed by atoms with Crippen LogP contribution in [0.15, 0.2) is 12.1 Å². The fraction of sp³-hybridized carbons (Fsp3) is 0.556. The van der Waals surface area contributed by atoms with Gasteiger partial charge in [-0.25, -0.2) is 0 Å². The molecular weight excluding hydrogens is 221 g/mol. The van der Waals surface area contributed by atoms with Crippen LogP contribution in [0.4, 0.5) is 19.0 Å². The van der Waals surface area contributed by atoms with Gasteiger partial charge in [0.05, 0.1) is 0 Å². The fourth-order valence-corrected chi connectivity index (χ4v) is 1.55. The summed E-state index contributed by atoms with van der Waals surface area (Å²) in [7, 11) is 0. The van der Waals surface area contributed by atoms with Crippen molar-refractivity contribution in [3.8, 4) is 0 Å². The first-order valence-electron chi connectivity index (χ1n) is 4.88. The van der Waals surface area contributed by atoms with Gasteiger partial charge in [-0.15, -0.1) is 10.2 Å². The van der Waals surface area contributed by atoms with Crippen LogP contribution in [-0.4, -0.2) is 22.3 Å². The molecule has 7 heteroatoms. The average Bonchev–Trinajstić information content (AvgIpc) is 2.15. The molecule has 0 aliphatic heterocycles. The normalized spacial score (nSPS) is 25.0. The van der Waals surface area contributed by atoms with Crippen LogP contribution >= 0.6 is 0 Å². The predicted octanol–water partition coefficient (Wildman–Crippen LogP) is 1.40. The van der Waals surface area contributed by atoms with E-state index >= 15 is 0 Å². The third-order valence-electron chi connectivity index (χ3n) is 2.48. The van der Waals surface area contributed by atoms with E-state index in [1.54, 1.807) is 0 Å². The minimum atomic E-state index is -4.44. The van der Waals surface area contributed by atoms with Crippen molar-refractivity contribution in [3.05, 3.63) is 17.8 Å². The van der Waals surface area contributed by atoms with Crippen molar-refractivity contribution < 1.29 is 13.2 Å². The van der Waals surface area contributed by atoms with Crippen LogP contribution in [0.25, 0.3) is 0 Å². The second kappa shape index (κ2) is 3.89. The van der Waals surface area contributed by atoms with Gasteiger partial charge in [-0.2, -0.15) is 13.2 Å². The van der Waals surface area contributed by atoms with Crippen molar-refractivity contribution in [2.24, 2.45) is 5.73 Å². The fourth-order valence-electron chi connectivity index (χ4n) is 1.55. The van der Waals surface area contributed by atoms with Crippen LogP contribution in [0, 0.1) is 0 Å². The van der Waals surface area contributed by atoms with Crippen molar-refractivity contribution in [2.45, 2.75) is 31.1 Å². The van der Waals surface area contributed by atoms with Gasteiger partial charge < -0.3 is 11.1 Å². The van der Waals surface area contributed by atoms with Gasteiger partial charge in [0.15, 0.2) is 5.69 Å². The van der Waals surface area contributed by atoms with E-state index in [-0.39, 0.29) is 12.1 Å². The molecule has 0 unspecified atom stereocenters. The maximum atomic E-state index is 12.2. The summed E-state index contributed by atoms with van der Waals surface area (Å²) in [5.74, 6) is 0.352. The average molecular weight is 232 g/mol. The van der Waals surface area contributed by atoms with Crippen molar-refractivity contribution in [3.63, 3.8) is 0 Å². The number of nitrogens with zero attached hydrogens (tertiary/aromatic N) is 2. The molecule has 1 aliphatic carbocycles. The lowest BCUT2D eigenvalue weighted by Crippen LogP contribution is -2.44. The first-order chi connectivity index (χ1) is 7.45. The molecule has 3 N–H and O–H groups in total. The maximum Gasteiger partial charge on any atom is 0.435 e. The van der Waals surface area contributed by atoms with E-state index < -0.39 is 11.9 Å². The number of nitrogens with two attached hydrogens (primary N) is 1. The van der Waals surface area contributed by atoms with Crippen molar-refractivity contribution >= 4 is 5.82 Å². The molecule has 1 heterocycles. The summed E-state index contributed by atoms with van der Waals surface area (Å²) < 4.78 is 36.5. The SMILES string of the molecule is NC1CC(Nc2ccc(C(F)(F)F)nn2)C1. The van der Waals surface area contributed by atoms with Gasteiger partial charge in [0.2, 0.25) is 0 Å². The topological polar surface area (TPSA) is 63.8 Å². The zero-order chi connectivity index (χ0) is 11.8. The minimum absolute atomic E-state index is 0.180. The van der Waals surface area contributed by atoms with Gasteiger partial charge in [0.25, 0.3) is 0 Å². The van der Waals surface area contributed by atoms with Gasteiger partial charge in [0, 0.05) is 12.1 Å². The number of aromatic nitrogens is 2. The molecule has 0 spiro atoms. The lowest BCUT2D eigenvalue weighted by molar-refractivity contribution is -0.141. The van der Waals surface area contributed by atoms with E-state index in [4.69, 9.17) is 5.73 Å². The van der Waals surface area contributed by atoms with E-state index in [9.17, 15) is 13.2 Å². The molecule has 0 atom stereocenters. The first-order valence-corrected chi connectivity index (χ1v) is 4.88. The number of hydrogen-bond acceptors (Lipinski definition) is 4. The Balaban J connectivity index is 1.97. The highest BCUT2D eigenvalue weighted by Crippen LogP contribution is 2.27. The third-order valence-corrected chi connectivity index (χ3v) is 2.48. The molecule has 1 fully saturated rings. The molecule has 0 amide bonds. The van der Waals surface area contributed by atoms with Crippen LogP contribution in [0.3, 0.4) is 0 Å². The Morgan fingerprint density at radius 1 is 1.25 bits per heavy atom. The van der Waals surface area contributed by atoms with Crippen molar-refractivity contribution in [1.29, 1.82) is 0 Å². The van der Waals surface area contributed by atoms with Crippen LogP contribution in [0.5, 0.6) is 0 Å². The molecule has 4 nitrogen and oxygen atoms in total. The van der Waals surface area contributed by atoms with E-state index in [1.165, 1.54) is 6.07 Å². The predicted molar refractivity (Wildman–Crippen MR) is 51.7 cm³/mol. The van der Waals surface area contributed by atoms with Gasteiger partial charge >= 0.3 is 6.18 Å². The summed E-state index contributed by atoms with van der Waals surface area (Å²) in [5, 5.41) is 9.55. The van der Waals surface area contributed by atoms with Gasteiger partial charge in [-0.3, -0.25) is 0 Å². The van der Waals surface area contributed by atoms with E-state index in [0.717, 1.165) is 18.9 Å². The number of nitrogens with one attached hydrogen (secondary N) is 1. The van der Waals surface area contributed by atoms with E-state index in [1.807, 2.05) is 0 Å². The summed E-state index contributed by atoms with van der Waals surface area (Å²) in [5.41, 5.74) is 4.60. The van der Waals surface area contributed by atoms with Crippen LogP contribution < -0.4 is 11.1 Å². The Hall–Kier alpha value is -1.37. The van der Waals surface area contributed by atoms with Gasteiger partial charge in [0.1, 0.15) is 5.82 Å². The molecule has 1 saturated carbocycles. The Morgan fingerprint density at radius 2 is 1.94 bits per heavy atom. The molecule has 1 aromatic heterocycles. The van der Waals surface area contributed by atoms with E-state index in [2.05, 4.69) is 15.5 Å². The lowest BCUT2D eigenvalue weighted by atomic mass is 9.88. The summed E-state index contributed by atoms with van der Waals surface area (Å²) in [6, 6.07) is 2.56. The second-order valence-electron chi connectivity index (χ2n) is 3.87. The third kappa shape index (κ3) is 2.41. The number of alkyl halides is 3. The summed E-state index contributed by atoms with van der Waals surface area (Å²) >= 11 is 0. The monoisotopic (exact) mass is 232 g/mol. The first kappa shape index (κ1) is 11.1. The quantitative estimate of drug-likeness (QED) is 0.808. The number of hydrogen-bond donors (Lipinski definition) is 2. The molecule has 0 saturated heterocycles. The van der Waals surface area contributed by atoms with Crippen LogP contribution in [0.1, 0.15) is 18.5 Å². The molecule has 1 aliphatic rings. The summed E-state index contributed by atoms with van der Waals surface area (Å²) in [6.07, 6.45) is -2.82. The summed E-state index contributed by atoms with van der Waals surface area (Å²) in [6.45, 7) is 0. The highest BCUT2D eigenvalue weighted by Gasteiger charge is 2.33. The number of rotatable bonds is 2. The minimum Gasteiger partial charge on any atom is -0.366 e. The lowest BCUT2D eigenvalue weighted by Gasteiger charge is -2.33. The molecule has 0 aromatic carbocycles. The standard InChI is InChI=1S/C9H11F3N4/c10-9(11,12)7-1-2-8(16-15-7)14-6-3-5(13)4-6/h1-2,5-6H,3-4,13H2,(H,14,16). The molecular formula is C9H11F3N4. The Kier molecular flexibility index (Phi) is 2.71. The highest BCUT2D eigenvalue weighted by molar-refractivity contribution is 5.35. The Labute approximate surface area is 90.0 Å². The van der Waals surface area contributed by atoms with Crippen molar-refractivity contribution in [1.82, 2.24) is 10.2 Å². The molecule has 1 aromatic rings. The smallest absolute Gasteiger partial charge is 0.366 e. The number of halogens is 3. The molecule has 2 rings (SSSR count). The Morgan fingerprint density at radius 3 is 2.38 bits per heavy atom. The largest absolute Gasteiger partial charge is 0.435 e. The maximum absolute atomic E-state index is 12.2. The van der Waals surface area contributed by atoms with Crippen molar-refractivity contribution in [2.75, 3.05) is 5.32 Å². The van der Waals surface area contributed by atoms with Gasteiger partial charge in [-0.05, 0) is 25.0 Å². The zero-order valence-electron chi connectivity index (χ0n) is 8.33. The molecule has 88 valence electrons. The van der Waals surface area contributed by atoms with Crippen LogP contribution in [-0.2, 0) is 6.18 Å². The second-order valence-corrected chi connectivity index (χ2v) is 3.87.